The van der Waals surface area contributed by atoms with Crippen LogP contribution in [0, 0.1) is 0 Å². The molecule has 0 aromatic heterocycles. The Morgan fingerprint density at radius 1 is 1.26 bits per heavy atom. The third kappa shape index (κ3) is 4.98. The van der Waals surface area contributed by atoms with E-state index in [9.17, 15) is 4.79 Å². The SMILES string of the molecule is COCCN(CCO)Cc1ccccc1C(=O)OC. The predicted molar refractivity (Wildman–Crippen MR) is 72.0 cm³/mol. The molecule has 106 valence electrons. The summed E-state index contributed by atoms with van der Waals surface area (Å²) in [5, 5.41) is 9.06. The lowest BCUT2D eigenvalue weighted by Crippen LogP contribution is -2.30. The van der Waals surface area contributed by atoms with Gasteiger partial charge in [0.1, 0.15) is 0 Å². The number of aliphatic hydroxyl groups excluding tert-OH is 1. The normalized spacial score (nSPS) is 10.7. The van der Waals surface area contributed by atoms with E-state index in [1.165, 1.54) is 7.11 Å². The molecule has 0 amide bonds. The summed E-state index contributed by atoms with van der Waals surface area (Å²) < 4.78 is 9.81. The minimum Gasteiger partial charge on any atom is -0.465 e. The fourth-order valence-corrected chi connectivity index (χ4v) is 1.84. The molecule has 1 aromatic rings. The number of esters is 1. The van der Waals surface area contributed by atoms with Gasteiger partial charge in [0, 0.05) is 26.7 Å². The van der Waals surface area contributed by atoms with Crippen molar-refractivity contribution < 1.29 is 19.4 Å². The molecule has 1 rings (SSSR count). The van der Waals surface area contributed by atoms with E-state index in [4.69, 9.17) is 14.6 Å². The van der Waals surface area contributed by atoms with E-state index < -0.39 is 0 Å². The van der Waals surface area contributed by atoms with E-state index in [1.54, 1.807) is 19.2 Å². The number of nitrogens with zero attached hydrogens (tertiary/aromatic N) is 1. The van der Waals surface area contributed by atoms with Crippen LogP contribution in [0.15, 0.2) is 24.3 Å². The number of carbonyl (C=O) groups is 1. The van der Waals surface area contributed by atoms with E-state index in [-0.39, 0.29) is 12.6 Å². The fourth-order valence-electron chi connectivity index (χ4n) is 1.84. The molecular weight excluding hydrogens is 246 g/mol. The van der Waals surface area contributed by atoms with Crippen molar-refractivity contribution in [3.63, 3.8) is 0 Å². The maximum Gasteiger partial charge on any atom is 0.338 e. The van der Waals surface area contributed by atoms with Crippen molar-refractivity contribution in [3.05, 3.63) is 35.4 Å². The van der Waals surface area contributed by atoms with Crippen molar-refractivity contribution in [2.45, 2.75) is 6.54 Å². The monoisotopic (exact) mass is 267 g/mol. The number of benzene rings is 1. The summed E-state index contributed by atoms with van der Waals surface area (Å²) in [6, 6.07) is 7.33. The zero-order chi connectivity index (χ0) is 14.1. The first-order chi connectivity index (χ1) is 9.22. The lowest BCUT2D eigenvalue weighted by Gasteiger charge is -2.22. The Morgan fingerprint density at radius 2 is 2.00 bits per heavy atom. The van der Waals surface area contributed by atoms with Gasteiger partial charge in [-0.2, -0.15) is 0 Å². The van der Waals surface area contributed by atoms with Crippen LogP contribution >= 0.6 is 0 Å². The van der Waals surface area contributed by atoms with Crippen LogP contribution in [0.4, 0.5) is 0 Å². The highest BCUT2D eigenvalue weighted by Gasteiger charge is 2.13. The Bertz CT molecular complexity index is 395. The molecule has 1 N–H and O–H groups in total. The second-order valence-corrected chi connectivity index (χ2v) is 4.14. The average Bonchev–Trinajstić information content (AvgIpc) is 2.44. The molecule has 0 fully saturated rings. The van der Waals surface area contributed by atoms with Crippen molar-refractivity contribution in [2.24, 2.45) is 0 Å². The largest absolute Gasteiger partial charge is 0.465 e. The Morgan fingerprint density at radius 3 is 2.63 bits per heavy atom. The number of hydrogen-bond acceptors (Lipinski definition) is 5. The van der Waals surface area contributed by atoms with Crippen LogP contribution in [0.2, 0.25) is 0 Å². The van der Waals surface area contributed by atoms with E-state index in [2.05, 4.69) is 0 Å². The average molecular weight is 267 g/mol. The minimum absolute atomic E-state index is 0.0735. The summed E-state index contributed by atoms with van der Waals surface area (Å²) in [4.78, 5) is 13.7. The summed E-state index contributed by atoms with van der Waals surface area (Å²) in [5.41, 5.74) is 1.45. The van der Waals surface area contributed by atoms with Gasteiger partial charge in [0.15, 0.2) is 0 Å². The molecule has 0 spiro atoms. The third-order valence-corrected chi connectivity index (χ3v) is 2.84. The van der Waals surface area contributed by atoms with Crippen LogP contribution in [0.1, 0.15) is 15.9 Å². The van der Waals surface area contributed by atoms with E-state index in [0.29, 0.717) is 31.8 Å². The zero-order valence-electron chi connectivity index (χ0n) is 11.5. The topological polar surface area (TPSA) is 59.0 Å². The van der Waals surface area contributed by atoms with Crippen LogP contribution in [-0.2, 0) is 16.0 Å². The van der Waals surface area contributed by atoms with E-state index >= 15 is 0 Å². The smallest absolute Gasteiger partial charge is 0.338 e. The van der Waals surface area contributed by atoms with Gasteiger partial charge in [-0.1, -0.05) is 18.2 Å². The van der Waals surface area contributed by atoms with Gasteiger partial charge in [0.25, 0.3) is 0 Å². The minimum atomic E-state index is -0.341. The molecule has 0 atom stereocenters. The highest BCUT2D eigenvalue weighted by atomic mass is 16.5. The lowest BCUT2D eigenvalue weighted by molar-refractivity contribution is 0.0597. The number of ether oxygens (including phenoxy) is 2. The number of methoxy groups -OCH3 is 2. The molecule has 19 heavy (non-hydrogen) atoms. The molecule has 5 nitrogen and oxygen atoms in total. The Balaban J connectivity index is 2.80. The molecule has 0 aliphatic heterocycles. The number of aliphatic hydroxyl groups is 1. The van der Waals surface area contributed by atoms with Gasteiger partial charge in [-0.15, -0.1) is 0 Å². The fraction of sp³-hybridized carbons (Fsp3) is 0.500. The quantitative estimate of drug-likeness (QED) is 0.710. The van der Waals surface area contributed by atoms with Gasteiger partial charge in [0.05, 0.1) is 25.9 Å². The molecule has 1 aromatic carbocycles. The second kappa shape index (κ2) is 8.63. The second-order valence-electron chi connectivity index (χ2n) is 4.14. The van der Waals surface area contributed by atoms with Gasteiger partial charge < -0.3 is 14.6 Å². The summed E-state index contributed by atoms with van der Waals surface area (Å²) in [6.45, 7) is 2.48. The first-order valence-electron chi connectivity index (χ1n) is 6.21. The van der Waals surface area contributed by atoms with Crippen molar-refractivity contribution >= 4 is 5.97 Å². The Labute approximate surface area is 113 Å². The standard InChI is InChI=1S/C14H21NO4/c1-18-10-8-15(7-9-16)11-12-5-3-4-6-13(12)14(17)19-2/h3-6,16H,7-11H2,1-2H3. The van der Waals surface area contributed by atoms with Crippen molar-refractivity contribution in [3.8, 4) is 0 Å². The van der Waals surface area contributed by atoms with Gasteiger partial charge >= 0.3 is 5.97 Å². The molecule has 0 heterocycles. The first kappa shape index (κ1) is 15.6. The van der Waals surface area contributed by atoms with Gasteiger partial charge in [-0.05, 0) is 11.6 Å². The number of carbonyl (C=O) groups excluding carboxylic acids is 1. The van der Waals surface area contributed by atoms with Gasteiger partial charge in [0.2, 0.25) is 0 Å². The van der Waals surface area contributed by atoms with E-state index in [0.717, 1.165) is 5.56 Å². The van der Waals surface area contributed by atoms with Crippen molar-refractivity contribution in [1.29, 1.82) is 0 Å². The summed E-state index contributed by atoms with van der Waals surface area (Å²) in [7, 11) is 3.01. The van der Waals surface area contributed by atoms with Gasteiger partial charge in [-0.3, -0.25) is 4.90 Å². The van der Waals surface area contributed by atoms with Crippen LogP contribution in [0.3, 0.4) is 0 Å². The van der Waals surface area contributed by atoms with Gasteiger partial charge in [-0.25, -0.2) is 4.79 Å². The highest BCUT2D eigenvalue weighted by Crippen LogP contribution is 2.12. The van der Waals surface area contributed by atoms with Crippen LogP contribution < -0.4 is 0 Å². The third-order valence-electron chi connectivity index (χ3n) is 2.84. The first-order valence-corrected chi connectivity index (χ1v) is 6.21. The molecule has 0 unspecified atom stereocenters. The highest BCUT2D eigenvalue weighted by molar-refractivity contribution is 5.90. The molecule has 0 saturated carbocycles. The van der Waals surface area contributed by atoms with Crippen LogP contribution in [0.25, 0.3) is 0 Å². The molecular formula is C14H21NO4. The Hall–Kier alpha value is -1.43. The maximum atomic E-state index is 11.7. The lowest BCUT2D eigenvalue weighted by atomic mass is 10.1. The predicted octanol–water partition coefficient (Wildman–Crippen LogP) is 0.914. The maximum absolute atomic E-state index is 11.7. The molecule has 5 heteroatoms. The van der Waals surface area contributed by atoms with Crippen molar-refractivity contribution in [2.75, 3.05) is 40.5 Å². The summed E-state index contributed by atoms with van der Waals surface area (Å²) >= 11 is 0. The van der Waals surface area contributed by atoms with Crippen LogP contribution in [0.5, 0.6) is 0 Å². The number of hydrogen-bond donors (Lipinski definition) is 1. The molecule has 0 radical (unpaired) electrons. The number of rotatable bonds is 8. The molecule has 0 saturated heterocycles. The van der Waals surface area contributed by atoms with E-state index in [1.807, 2.05) is 17.0 Å². The molecule has 0 bridgehead atoms. The molecule has 0 aliphatic rings. The summed E-state index contributed by atoms with van der Waals surface area (Å²) in [5.74, 6) is -0.341. The zero-order valence-corrected chi connectivity index (χ0v) is 11.5. The van der Waals surface area contributed by atoms with Crippen molar-refractivity contribution in [1.82, 2.24) is 4.90 Å². The summed E-state index contributed by atoms with van der Waals surface area (Å²) in [6.07, 6.45) is 0. The molecule has 0 aliphatic carbocycles. The Kier molecular flexibility index (Phi) is 7.10. The van der Waals surface area contributed by atoms with Crippen LogP contribution in [-0.4, -0.2) is 56.5 Å².